The second-order valence-corrected chi connectivity index (χ2v) is 3.34. The van der Waals surface area contributed by atoms with Gasteiger partial charge in [-0.25, -0.2) is 0 Å². The molecule has 0 spiro atoms. The van der Waals surface area contributed by atoms with Crippen molar-refractivity contribution < 1.29 is 27.0 Å². The molecule has 0 bridgehead atoms. The third kappa shape index (κ3) is 14.3. The normalized spacial score (nSPS) is 9.14. The summed E-state index contributed by atoms with van der Waals surface area (Å²) in [6.07, 6.45) is 10.1. The van der Waals surface area contributed by atoms with Gasteiger partial charge in [0.25, 0.3) is 0 Å². The van der Waals surface area contributed by atoms with Crippen LogP contribution in [-0.2, 0) is 21.9 Å². The summed E-state index contributed by atoms with van der Waals surface area (Å²) in [5.41, 5.74) is 0. The number of aliphatic carboxylic acids is 1. The molecule has 0 aliphatic rings. The largest absolute Gasteiger partial charge is 0.481 e. The van der Waals surface area contributed by atoms with E-state index in [4.69, 9.17) is 5.11 Å². The molecule has 84 valence electrons. The fourth-order valence-electron chi connectivity index (χ4n) is 1.27. The first-order valence-corrected chi connectivity index (χ1v) is 5.10. The van der Waals surface area contributed by atoms with E-state index in [0.717, 1.165) is 19.3 Å². The van der Waals surface area contributed by atoms with Gasteiger partial charge in [0.05, 0.1) is 0 Å². The molecule has 0 rings (SSSR count). The number of allylic oxidation sites excluding steroid dienone is 1. The zero-order chi connectivity index (χ0) is 9.94. The first-order chi connectivity index (χ1) is 6.27. The summed E-state index contributed by atoms with van der Waals surface area (Å²) in [7, 11) is 0. The Kier molecular flexibility index (Phi) is 14.7. The maximum atomic E-state index is 10.2. The monoisotopic (exact) mass is 240 g/mol. The predicted molar refractivity (Wildman–Crippen MR) is 54.8 cm³/mol. The third-order valence-electron chi connectivity index (χ3n) is 2.05. The van der Waals surface area contributed by atoms with Crippen LogP contribution in [0.1, 0.15) is 51.4 Å². The Morgan fingerprint density at radius 2 is 1.57 bits per heavy atom. The molecule has 0 aromatic rings. The Morgan fingerprint density at radius 3 is 2.07 bits per heavy atom. The quantitative estimate of drug-likeness (QED) is 0.381. The molecular formula is C11H20FeO2. The van der Waals surface area contributed by atoms with Crippen molar-refractivity contribution in [1.29, 1.82) is 0 Å². The molecule has 0 unspecified atom stereocenters. The molecule has 0 aromatic carbocycles. The van der Waals surface area contributed by atoms with Gasteiger partial charge in [-0.15, -0.1) is 6.58 Å². The Balaban J connectivity index is 0. The number of carboxylic acid groups (broad SMARTS) is 1. The van der Waals surface area contributed by atoms with Crippen molar-refractivity contribution in [3.8, 4) is 0 Å². The number of rotatable bonds is 9. The summed E-state index contributed by atoms with van der Waals surface area (Å²) in [6, 6.07) is 0. The molecule has 0 aromatic heterocycles. The van der Waals surface area contributed by atoms with Gasteiger partial charge in [0.1, 0.15) is 0 Å². The molecule has 0 amide bonds. The first kappa shape index (κ1) is 16.2. The van der Waals surface area contributed by atoms with E-state index in [1.165, 1.54) is 25.7 Å². The minimum Gasteiger partial charge on any atom is -0.481 e. The summed E-state index contributed by atoms with van der Waals surface area (Å²) in [5.74, 6) is -0.674. The van der Waals surface area contributed by atoms with Crippen molar-refractivity contribution in [3.05, 3.63) is 12.7 Å². The minimum absolute atomic E-state index is 0. The number of hydrogen-bond donors (Lipinski definition) is 1. The molecule has 0 heterocycles. The molecule has 0 saturated carbocycles. The van der Waals surface area contributed by atoms with Gasteiger partial charge >= 0.3 is 5.97 Å². The van der Waals surface area contributed by atoms with Gasteiger partial charge in [-0.05, 0) is 19.3 Å². The summed E-state index contributed by atoms with van der Waals surface area (Å²) >= 11 is 0. The van der Waals surface area contributed by atoms with Crippen LogP contribution in [0.4, 0.5) is 0 Å². The smallest absolute Gasteiger partial charge is 0.303 e. The van der Waals surface area contributed by atoms with Crippen LogP contribution in [0, 0.1) is 0 Å². The van der Waals surface area contributed by atoms with Crippen LogP contribution < -0.4 is 0 Å². The predicted octanol–water partition coefficient (Wildman–Crippen LogP) is 3.38. The van der Waals surface area contributed by atoms with E-state index < -0.39 is 5.97 Å². The molecule has 2 nitrogen and oxygen atoms in total. The van der Waals surface area contributed by atoms with Gasteiger partial charge in [0, 0.05) is 23.5 Å². The van der Waals surface area contributed by atoms with Crippen LogP contribution in [0.25, 0.3) is 0 Å². The van der Waals surface area contributed by atoms with E-state index in [-0.39, 0.29) is 17.1 Å². The van der Waals surface area contributed by atoms with E-state index in [9.17, 15) is 4.79 Å². The molecule has 3 heteroatoms. The Bertz CT molecular complexity index is 146. The minimum atomic E-state index is -0.674. The summed E-state index contributed by atoms with van der Waals surface area (Å²) in [6.45, 7) is 3.66. The Hall–Kier alpha value is -0.271. The van der Waals surface area contributed by atoms with Gasteiger partial charge in [-0.2, -0.15) is 0 Å². The van der Waals surface area contributed by atoms with Gasteiger partial charge in [0.15, 0.2) is 0 Å². The van der Waals surface area contributed by atoms with Crippen molar-refractivity contribution in [2.24, 2.45) is 0 Å². The fraction of sp³-hybridized carbons (Fsp3) is 0.727. The molecule has 0 aliphatic heterocycles. The van der Waals surface area contributed by atoms with Crippen molar-refractivity contribution in [2.75, 3.05) is 0 Å². The summed E-state index contributed by atoms with van der Waals surface area (Å²) in [4.78, 5) is 10.2. The Labute approximate surface area is 97.3 Å². The van der Waals surface area contributed by atoms with E-state index in [0.29, 0.717) is 6.42 Å². The maximum Gasteiger partial charge on any atom is 0.303 e. The number of unbranched alkanes of at least 4 members (excludes halogenated alkanes) is 6. The summed E-state index contributed by atoms with van der Waals surface area (Å²) < 4.78 is 0. The van der Waals surface area contributed by atoms with E-state index >= 15 is 0 Å². The topological polar surface area (TPSA) is 37.3 Å². The molecule has 0 radical (unpaired) electrons. The van der Waals surface area contributed by atoms with E-state index in [2.05, 4.69) is 6.58 Å². The van der Waals surface area contributed by atoms with Crippen LogP contribution in [0.3, 0.4) is 0 Å². The van der Waals surface area contributed by atoms with Gasteiger partial charge < -0.3 is 5.11 Å². The van der Waals surface area contributed by atoms with Crippen molar-refractivity contribution in [2.45, 2.75) is 51.4 Å². The second-order valence-electron chi connectivity index (χ2n) is 3.34. The van der Waals surface area contributed by atoms with Gasteiger partial charge in [-0.3, -0.25) is 4.79 Å². The second kappa shape index (κ2) is 12.7. The van der Waals surface area contributed by atoms with Crippen LogP contribution >= 0.6 is 0 Å². The third-order valence-corrected chi connectivity index (χ3v) is 2.05. The molecule has 0 saturated heterocycles. The molecule has 14 heavy (non-hydrogen) atoms. The molecule has 1 N–H and O–H groups in total. The fourth-order valence-corrected chi connectivity index (χ4v) is 1.27. The van der Waals surface area contributed by atoms with Crippen molar-refractivity contribution in [3.63, 3.8) is 0 Å². The van der Waals surface area contributed by atoms with Crippen LogP contribution in [0.5, 0.6) is 0 Å². The average molecular weight is 240 g/mol. The zero-order valence-electron chi connectivity index (χ0n) is 8.65. The van der Waals surface area contributed by atoms with Crippen LogP contribution in [0.15, 0.2) is 12.7 Å². The number of carbonyl (C=O) groups is 1. The number of hydrogen-bond acceptors (Lipinski definition) is 1. The van der Waals surface area contributed by atoms with Crippen LogP contribution in [-0.4, -0.2) is 11.1 Å². The zero-order valence-corrected chi connectivity index (χ0v) is 9.75. The molecular weight excluding hydrogens is 220 g/mol. The first-order valence-electron chi connectivity index (χ1n) is 5.10. The molecule has 0 atom stereocenters. The maximum absolute atomic E-state index is 10.2. The summed E-state index contributed by atoms with van der Waals surface area (Å²) in [5, 5.41) is 8.38. The molecule has 0 aliphatic carbocycles. The number of carboxylic acids is 1. The average Bonchev–Trinajstić information content (AvgIpc) is 2.09. The van der Waals surface area contributed by atoms with E-state index in [1.54, 1.807) is 0 Å². The Morgan fingerprint density at radius 1 is 1.07 bits per heavy atom. The standard InChI is InChI=1S/C11H20O2.Fe/c1-2-3-4-5-6-7-8-9-10-11(12)13;/h2H,1,3-10H2,(H,12,13);. The SMILES string of the molecule is C=CCCCCCCCCC(=O)O.[Fe]. The van der Waals surface area contributed by atoms with E-state index in [1.807, 2.05) is 6.08 Å². The van der Waals surface area contributed by atoms with Gasteiger partial charge in [0.2, 0.25) is 0 Å². The van der Waals surface area contributed by atoms with Crippen molar-refractivity contribution >= 4 is 5.97 Å². The van der Waals surface area contributed by atoms with Gasteiger partial charge in [-0.1, -0.05) is 31.8 Å². The van der Waals surface area contributed by atoms with Crippen LogP contribution in [0.2, 0.25) is 0 Å². The van der Waals surface area contributed by atoms with Crippen molar-refractivity contribution in [1.82, 2.24) is 0 Å². The molecule has 0 fully saturated rings.